The van der Waals surface area contributed by atoms with Crippen molar-refractivity contribution in [3.63, 3.8) is 0 Å². The number of nitrogens with one attached hydrogen (secondary N) is 1. The standard InChI is InChI=1S/C19H28N4O3/c24-17-9-8-16(20-21-17)19(26)23-12-4-11-22(13-14-23)18(25)10-7-15-5-2-1-3-6-15/h8-9,15H,1-7,10-14H2,(H,21,24). The van der Waals surface area contributed by atoms with Crippen LogP contribution >= 0.6 is 0 Å². The molecular weight excluding hydrogens is 332 g/mol. The lowest BCUT2D eigenvalue weighted by Gasteiger charge is -2.24. The molecule has 1 N–H and O–H groups in total. The van der Waals surface area contributed by atoms with Gasteiger partial charge in [-0.2, -0.15) is 5.10 Å². The van der Waals surface area contributed by atoms with Crippen LogP contribution in [0.5, 0.6) is 0 Å². The molecule has 1 aromatic heterocycles. The Morgan fingerprint density at radius 3 is 2.46 bits per heavy atom. The average Bonchev–Trinajstić information content (AvgIpc) is 2.93. The van der Waals surface area contributed by atoms with Crippen LogP contribution < -0.4 is 5.56 Å². The summed E-state index contributed by atoms with van der Waals surface area (Å²) in [6, 6.07) is 2.75. The number of amides is 2. The van der Waals surface area contributed by atoms with Crippen LogP contribution in [0.4, 0.5) is 0 Å². The summed E-state index contributed by atoms with van der Waals surface area (Å²) in [4.78, 5) is 39.8. The van der Waals surface area contributed by atoms with Crippen molar-refractivity contribution in [2.45, 2.75) is 51.4 Å². The molecule has 7 heteroatoms. The first-order chi connectivity index (χ1) is 12.6. The molecule has 0 atom stereocenters. The minimum absolute atomic E-state index is 0.197. The van der Waals surface area contributed by atoms with Crippen LogP contribution in [0.2, 0.25) is 0 Å². The SMILES string of the molecule is O=C(CCC1CCCCC1)N1CCCN(C(=O)c2ccc(=O)[nH]n2)CC1. The maximum absolute atomic E-state index is 12.5. The van der Waals surface area contributed by atoms with Gasteiger partial charge >= 0.3 is 0 Å². The van der Waals surface area contributed by atoms with Crippen LogP contribution in [0.15, 0.2) is 16.9 Å². The molecule has 1 aliphatic heterocycles. The number of hydrogen-bond acceptors (Lipinski definition) is 4. The zero-order valence-corrected chi connectivity index (χ0v) is 15.3. The van der Waals surface area contributed by atoms with E-state index in [2.05, 4.69) is 10.2 Å². The third-order valence-electron chi connectivity index (χ3n) is 5.53. The van der Waals surface area contributed by atoms with Crippen molar-refractivity contribution in [3.05, 3.63) is 28.2 Å². The quantitative estimate of drug-likeness (QED) is 0.887. The number of hydrogen-bond donors (Lipinski definition) is 1. The van der Waals surface area contributed by atoms with Crippen molar-refractivity contribution in [2.24, 2.45) is 5.92 Å². The number of rotatable bonds is 4. The number of carbonyl (C=O) groups is 2. The first kappa shape index (κ1) is 18.6. The van der Waals surface area contributed by atoms with Gasteiger partial charge in [-0.05, 0) is 24.8 Å². The van der Waals surface area contributed by atoms with Gasteiger partial charge in [-0.3, -0.25) is 14.4 Å². The molecule has 1 saturated heterocycles. The van der Waals surface area contributed by atoms with Crippen LogP contribution in [0.25, 0.3) is 0 Å². The Morgan fingerprint density at radius 2 is 1.73 bits per heavy atom. The number of H-pyrrole nitrogens is 1. The summed E-state index contributed by atoms with van der Waals surface area (Å²) in [5, 5.41) is 6.10. The second kappa shape index (κ2) is 8.96. The van der Waals surface area contributed by atoms with E-state index in [0.29, 0.717) is 38.5 Å². The van der Waals surface area contributed by atoms with E-state index in [1.807, 2.05) is 4.90 Å². The molecule has 142 valence electrons. The zero-order valence-electron chi connectivity index (χ0n) is 15.3. The van der Waals surface area contributed by atoms with Gasteiger partial charge in [0.05, 0.1) is 0 Å². The van der Waals surface area contributed by atoms with Gasteiger partial charge in [-0.25, -0.2) is 5.10 Å². The summed E-state index contributed by atoms with van der Waals surface area (Å²) in [5.74, 6) is 0.730. The monoisotopic (exact) mass is 360 g/mol. The molecule has 0 unspecified atom stereocenters. The van der Waals surface area contributed by atoms with Crippen molar-refractivity contribution in [2.75, 3.05) is 26.2 Å². The summed E-state index contributed by atoms with van der Waals surface area (Å²) < 4.78 is 0. The van der Waals surface area contributed by atoms with Crippen LogP contribution in [0, 0.1) is 5.92 Å². The fourth-order valence-corrected chi connectivity index (χ4v) is 3.96. The molecule has 2 fully saturated rings. The molecule has 26 heavy (non-hydrogen) atoms. The number of carbonyl (C=O) groups excluding carboxylic acids is 2. The van der Waals surface area contributed by atoms with Crippen LogP contribution in [-0.2, 0) is 4.79 Å². The molecule has 1 aromatic rings. The fourth-order valence-electron chi connectivity index (χ4n) is 3.96. The van der Waals surface area contributed by atoms with Gasteiger partial charge in [0, 0.05) is 38.7 Å². The van der Waals surface area contributed by atoms with Gasteiger partial charge in [-0.1, -0.05) is 32.1 Å². The van der Waals surface area contributed by atoms with E-state index in [9.17, 15) is 14.4 Å². The first-order valence-corrected chi connectivity index (χ1v) is 9.76. The Hall–Kier alpha value is -2.18. The van der Waals surface area contributed by atoms with Gasteiger partial charge in [-0.15, -0.1) is 0 Å². The molecule has 1 saturated carbocycles. The van der Waals surface area contributed by atoms with Crippen LogP contribution in [0.1, 0.15) is 61.9 Å². The molecule has 0 bridgehead atoms. The van der Waals surface area contributed by atoms with Gasteiger partial charge in [0.25, 0.3) is 11.5 Å². The molecular formula is C19H28N4O3. The van der Waals surface area contributed by atoms with E-state index >= 15 is 0 Å². The summed E-state index contributed by atoms with van der Waals surface area (Å²) in [7, 11) is 0. The predicted molar refractivity (Wildman–Crippen MR) is 97.8 cm³/mol. The summed E-state index contributed by atoms with van der Waals surface area (Å²) in [6.07, 6.45) is 8.87. The summed E-state index contributed by atoms with van der Waals surface area (Å²) in [5.41, 5.74) is -0.0890. The Bertz CT molecular complexity index is 661. The van der Waals surface area contributed by atoms with E-state index in [4.69, 9.17) is 0 Å². The van der Waals surface area contributed by atoms with Crippen molar-refractivity contribution in [1.82, 2.24) is 20.0 Å². The van der Waals surface area contributed by atoms with Gasteiger partial charge in [0.2, 0.25) is 5.91 Å². The third kappa shape index (κ3) is 4.93. The van der Waals surface area contributed by atoms with E-state index in [1.165, 1.54) is 44.2 Å². The van der Waals surface area contributed by atoms with E-state index in [-0.39, 0.29) is 23.1 Å². The van der Waals surface area contributed by atoms with Gasteiger partial charge in [0.1, 0.15) is 5.69 Å². The topological polar surface area (TPSA) is 86.4 Å². The first-order valence-electron chi connectivity index (χ1n) is 9.76. The fraction of sp³-hybridized carbons (Fsp3) is 0.684. The van der Waals surface area contributed by atoms with Crippen LogP contribution in [-0.4, -0.2) is 58.0 Å². The molecule has 0 spiro atoms. The van der Waals surface area contributed by atoms with E-state index in [1.54, 1.807) is 4.90 Å². The minimum Gasteiger partial charge on any atom is -0.341 e. The highest BCUT2D eigenvalue weighted by Gasteiger charge is 2.24. The Kier molecular flexibility index (Phi) is 6.41. The lowest BCUT2D eigenvalue weighted by molar-refractivity contribution is -0.131. The second-order valence-corrected chi connectivity index (χ2v) is 7.38. The maximum atomic E-state index is 12.5. The molecule has 0 radical (unpaired) electrons. The molecule has 0 aromatic carbocycles. The molecule has 7 nitrogen and oxygen atoms in total. The van der Waals surface area contributed by atoms with Gasteiger partial charge in [0.15, 0.2) is 0 Å². The van der Waals surface area contributed by atoms with Crippen molar-refractivity contribution < 1.29 is 9.59 Å². The highest BCUT2D eigenvalue weighted by Crippen LogP contribution is 2.27. The summed E-state index contributed by atoms with van der Waals surface area (Å²) in [6.45, 7) is 2.38. The molecule has 3 rings (SSSR count). The van der Waals surface area contributed by atoms with E-state index < -0.39 is 0 Å². The number of aromatic nitrogens is 2. The Morgan fingerprint density at radius 1 is 1.00 bits per heavy atom. The lowest BCUT2D eigenvalue weighted by atomic mass is 9.86. The largest absolute Gasteiger partial charge is 0.341 e. The maximum Gasteiger partial charge on any atom is 0.274 e. The van der Waals surface area contributed by atoms with Gasteiger partial charge < -0.3 is 9.80 Å². The zero-order chi connectivity index (χ0) is 18.4. The second-order valence-electron chi connectivity index (χ2n) is 7.38. The Balaban J connectivity index is 1.49. The highest BCUT2D eigenvalue weighted by atomic mass is 16.2. The molecule has 2 heterocycles. The smallest absolute Gasteiger partial charge is 0.274 e. The third-order valence-corrected chi connectivity index (χ3v) is 5.53. The molecule has 2 amide bonds. The average molecular weight is 360 g/mol. The number of nitrogens with zero attached hydrogens (tertiary/aromatic N) is 3. The molecule has 1 aliphatic carbocycles. The Labute approximate surface area is 153 Å². The van der Waals surface area contributed by atoms with Crippen molar-refractivity contribution >= 4 is 11.8 Å². The predicted octanol–water partition coefficient (Wildman–Crippen LogP) is 1.80. The molecule has 2 aliphatic rings. The van der Waals surface area contributed by atoms with Crippen molar-refractivity contribution in [1.29, 1.82) is 0 Å². The normalized spacial score (nSPS) is 19.2. The van der Waals surface area contributed by atoms with Crippen LogP contribution in [0.3, 0.4) is 0 Å². The van der Waals surface area contributed by atoms with E-state index in [0.717, 1.165) is 12.8 Å². The minimum atomic E-state index is -0.327. The summed E-state index contributed by atoms with van der Waals surface area (Å²) >= 11 is 0. The number of aromatic amines is 1. The highest BCUT2D eigenvalue weighted by molar-refractivity contribution is 5.92. The van der Waals surface area contributed by atoms with Crippen molar-refractivity contribution in [3.8, 4) is 0 Å². The lowest BCUT2D eigenvalue weighted by Crippen LogP contribution is -2.38.